The number of allylic oxidation sites excluding steroid dienone is 2. The fourth-order valence-corrected chi connectivity index (χ4v) is 2.49. The topological polar surface area (TPSA) is 80.3 Å². The van der Waals surface area contributed by atoms with E-state index < -0.39 is 11.9 Å². The van der Waals surface area contributed by atoms with Gasteiger partial charge in [0.2, 0.25) is 0 Å². The van der Waals surface area contributed by atoms with E-state index in [4.69, 9.17) is 0 Å². The molecule has 0 N–H and O–H groups in total. The Hall–Kier alpha value is -0.320. The Labute approximate surface area is 196 Å². The molecule has 4 nitrogen and oxygen atoms in total. The Morgan fingerprint density at radius 1 is 0.593 bits per heavy atom. The van der Waals surface area contributed by atoms with Crippen LogP contribution in [0.15, 0.2) is 23.3 Å². The van der Waals surface area contributed by atoms with E-state index in [-0.39, 0.29) is 37.7 Å². The van der Waals surface area contributed by atoms with Crippen LogP contribution >= 0.6 is 0 Å². The molecule has 0 saturated carbocycles. The number of carboxylic acid groups (broad SMARTS) is 2. The summed E-state index contributed by atoms with van der Waals surface area (Å²) in [6, 6.07) is 0. The van der Waals surface area contributed by atoms with E-state index in [1.807, 2.05) is 0 Å². The smallest absolute Gasteiger partial charge is 0.545 e. The molecule has 0 spiro atoms. The van der Waals surface area contributed by atoms with Crippen LogP contribution in [-0.2, 0) is 9.59 Å². The molecule has 0 rings (SSSR count). The first-order valence-electron chi connectivity index (χ1n) is 10.2. The van der Waals surface area contributed by atoms with Gasteiger partial charge in [-0.25, -0.2) is 0 Å². The Bertz CT molecular complexity index is 368. The number of carboxylic acids is 2. The van der Waals surface area contributed by atoms with Crippen molar-refractivity contribution in [1.29, 1.82) is 0 Å². The maximum absolute atomic E-state index is 10.3. The van der Waals surface area contributed by atoms with Crippen LogP contribution in [0, 0.1) is 0 Å². The summed E-state index contributed by atoms with van der Waals surface area (Å²) in [6.45, 7) is 8.43. The zero-order chi connectivity index (χ0) is 20.2. The maximum Gasteiger partial charge on any atom is 2.00 e. The standard InChI is InChI=1S/2C11H20O2.Ca/c2*1-3-5-7-10(8-6-4-2)9-11(12)13;/h2*9H,3-8H2,1-2H3,(H,12,13);/q;;+2/p-2. The first-order chi connectivity index (χ1) is 12.4. The fourth-order valence-electron chi connectivity index (χ4n) is 2.49. The minimum Gasteiger partial charge on any atom is -0.545 e. The van der Waals surface area contributed by atoms with Crippen molar-refractivity contribution < 1.29 is 19.8 Å². The third-order valence-electron chi connectivity index (χ3n) is 4.05. The summed E-state index contributed by atoms with van der Waals surface area (Å²) in [5, 5.41) is 20.7. The zero-order valence-electron chi connectivity index (χ0n) is 18.0. The minimum absolute atomic E-state index is 0. The van der Waals surface area contributed by atoms with Crippen LogP contribution in [0.5, 0.6) is 0 Å². The van der Waals surface area contributed by atoms with Gasteiger partial charge in [0.05, 0.1) is 11.9 Å². The summed E-state index contributed by atoms with van der Waals surface area (Å²) in [5.41, 5.74) is 2.06. The monoisotopic (exact) mass is 406 g/mol. The zero-order valence-corrected chi connectivity index (χ0v) is 20.2. The van der Waals surface area contributed by atoms with Crippen LogP contribution in [0.2, 0.25) is 0 Å². The predicted molar refractivity (Wildman–Crippen MR) is 110 cm³/mol. The molecule has 0 heterocycles. The maximum atomic E-state index is 10.3. The van der Waals surface area contributed by atoms with Gasteiger partial charge in [0.15, 0.2) is 0 Å². The van der Waals surface area contributed by atoms with Gasteiger partial charge in [-0.05, 0) is 63.5 Å². The average Bonchev–Trinajstić information content (AvgIpc) is 2.59. The molecule has 0 saturated heterocycles. The van der Waals surface area contributed by atoms with Crippen molar-refractivity contribution in [3.63, 3.8) is 0 Å². The number of hydrogen-bond donors (Lipinski definition) is 0. The Morgan fingerprint density at radius 2 is 0.815 bits per heavy atom. The molecule has 0 aromatic rings. The first kappa shape index (κ1) is 31.4. The van der Waals surface area contributed by atoms with Gasteiger partial charge >= 0.3 is 37.7 Å². The molecule has 5 heteroatoms. The normalized spacial score (nSPS) is 9.33. The quantitative estimate of drug-likeness (QED) is 0.325. The Balaban J connectivity index is -0.000000411. The molecule has 0 atom stereocenters. The summed E-state index contributed by atoms with van der Waals surface area (Å²) < 4.78 is 0. The van der Waals surface area contributed by atoms with Crippen LogP contribution in [0.25, 0.3) is 0 Å². The van der Waals surface area contributed by atoms with E-state index in [9.17, 15) is 19.8 Å². The van der Waals surface area contributed by atoms with Crippen molar-refractivity contribution in [3.8, 4) is 0 Å². The van der Waals surface area contributed by atoms with E-state index in [0.717, 1.165) is 88.2 Å². The summed E-state index contributed by atoms with van der Waals surface area (Å²) in [4.78, 5) is 20.7. The molecule has 0 amide bonds. The van der Waals surface area contributed by atoms with Gasteiger partial charge < -0.3 is 19.8 Å². The number of aliphatic carboxylic acids is 2. The molecule has 152 valence electrons. The van der Waals surface area contributed by atoms with Crippen molar-refractivity contribution in [2.45, 2.75) is 105 Å². The summed E-state index contributed by atoms with van der Waals surface area (Å²) in [6.07, 6.45) is 14.9. The Morgan fingerprint density at radius 3 is 0.963 bits per heavy atom. The molecule has 0 fully saturated rings. The van der Waals surface area contributed by atoms with Crippen LogP contribution in [0.4, 0.5) is 0 Å². The van der Waals surface area contributed by atoms with Gasteiger partial charge in [-0.15, -0.1) is 0 Å². The van der Waals surface area contributed by atoms with E-state index in [0.29, 0.717) is 0 Å². The second-order valence-corrected chi connectivity index (χ2v) is 6.66. The second-order valence-electron chi connectivity index (χ2n) is 6.66. The third-order valence-corrected chi connectivity index (χ3v) is 4.05. The summed E-state index contributed by atoms with van der Waals surface area (Å²) in [5.74, 6) is -2.11. The van der Waals surface area contributed by atoms with Gasteiger partial charge in [0.25, 0.3) is 0 Å². The molecular formula is C22H38CaO4. The van der Waals surface area contributed by atoms with Gasteiger partial charge in [-0.2, -0.15) is 0 Å². The molecule has 0 aromatic carbocycles. The molecule has 0 radical (unpaired) electrons. The van der Waals surface area contributed by atoms with Crippen molar-refractivity contribution in [2.75, 3.05) is 0 Å². The second kappa shape index (κ2) is 23.7. The number of unbranched alkanes of at least 4 members (excludes halogenated alkanes) is 4. The van der Waals surface area contributed by atoms with Gasteiger partial charge in [-0.1, -0.05) is 64.5 Å². The SMILES string of the molecule is CCCCC(=CC(=O)[O-])CCCC.CCCCC(=CC(=O)[O-])CCCC.[Ca+2]. The van der Waals surface area contributed by atoms with Crippen molar-refractivity contribution in [3.05, 3.63) is 23.3 Å². The predicted octanol–water partition coefficient (Wildman–Crippen LogP) is 3.71. The molecule has 0 aliphatic rings. The van der Waals surface area contributed by atoms with Crippen molar-refractivity contribution >= 4 is 49.7 Å². The van der Waals surface area contributed by atoms with E-state index in [2.05, 4.69) is 27.7 Å². The molecule has 0 bridgehead atoms. The summed E-state index contributed by atoms with van der Waals surface area (Å²) in [7, 11) is 0. The van der Waals surface area contributed by atoms with Crippen LogP contribution in [-0.4, -0.2) is 49.7 Å². The van der Waals surface area contributed by atoms with Crippen LogP contribution in [0.1, 0.15) is 105 Å². The number of rotatable bonds is 14. The van der Waals surface area contributed by atoms with E-state index in [1.54, 1.807) is 0 Å². The van der Waals surface area contributed by atoms with E-state index >= 15 is 0 Å². The van der Waals surface area contributed by atoms with E-state index in [1.165, 1.54) is 12.2 Å². The average molecular weight is 407 g/mol. The molecule has 0 aromatic heterocycles. The first-order valence-corrected chi connectivity index (χ1v) is 10.2. The fraction of sp³-hybridized carbons (Fsp3) is 0.727. The van der Waals surface area contributed by atoms with Gasteiger partial charge in [0.1, 0.15) is 0 Å². The molecule has 27 heavy (non-hydrogen) atoms. The number of carbonyl (C=O) groups is 2. The molecular weight excluding hydrogens is 368 g/mol. The van der Waals surface area contributed by atoms with Crippen LogP contribution < -0.4 is 10.2 Å². The minimum atomic E-state index is -1.05. The van der Waals surface area contributed by atoms with Gasteiger partial charge in [0, 0.05) is 0 Å². The van der Waals surface area contributed by atoms with Crippen LogP contribution in [0.3, 0.4) is 0 Å². The Kier molecular flexibility index (Phi) is 27.6. The summed E-state index contributed by atoms with van der Waals surface area (Å²) >= 11 is 0. The number of hydrogen-bond acceptors (Lipinski definition) is 4. The van der Waals surface area contributed by atoms with Gasteiger partial charge in [-0.3, -0.25) is 0 Å². The molecule has 0 aliphatic carbocycles. The third kappa shape index (κ3) is 25.7. The molecule has 0 unspecified atom stereocenters. The van der Waals surface area contributed by atoms with Crippen molar-refractivity contribution in [1.82, 2.24) is 0 Å². The number of carbonyl (C=O) groups excluding carboxylic acids is 2. The van der Waals surface area contributed by atoms with Crippen molar-refractivity contribution in [2.24, 2.45) is 0 Å². The largest absolute Gasteiger partial charge is 2.00 e. The molecule has 0 aliphatic heterocycles.